The van der Waals surface area contributed by atoms with E-state index in [2.05, 4.69) is 49.0 Å². The summed E-state index contributed by atoms with van der Waals surface area (Å²) < 4.78 is 4.65. The molecule has 2 rings (SSSR count). The molecule has 27 heavy (non-hydrogen) atoms. The highest BCUT2D eigenvalue weighted by molar-refractivity contribution is 5.85. The molecule has 0 aliphatic heterocycles. The van der Waals surface area contributed by atoms with Crippen molar-refractivity contribution < 1.29 is 9.53 Å². The van der Waals surface area contributed by atoms with Crippen molar-refractivity contribution in [2.75, 3.05) is 12.4 Å². The van der Waals surface area contributed by atoms with E-state index in [1.54, 1.807) is 0 Å². The summed E-state index contributed by atoms with van der Waals surface area (Å²) in [6.45, 7) is 16.3. The summed E-state index contributed by atoms with van der Waals surface area (Å²) in [6, 6.07) is 14.4. The molecule has 0 heterocycles. The van der Waals surface area contributed by atoms with Gasteiger partial charge in [0.25, 0.3) is 0 Å². The highest BCUT2D eigenvalue weighted by atomic mass is 16.5. The first kappa shape index (κ1) is 26.9. The van der Waals surface area contributed by atoms with Gasteiger partial charge in [-0.15, -0.1) is 0 Å². The van der Waals surface area contributed by atoms with Gasteiger partial charge >= 0.3 is 6.09 Å². The molecule has 3 nitrogen and oxygen atoms in total. The Bertz CT molecular complexity index is 622. The first-order valence-electron chi connectivity index (χ1n) is 10.0. The lowest BCUT2D eigenvalue weighted by molar-refractivity contribution is 0.187. The van der Waals surface area contributed by atoms with E-state index >= 15 is 0 Å². The van der Waals surface area contributed by atoms with Crippen LogP contribution in [0.3, 0.4) is 0 Å². The Hall–Kier alpha value is -2.29. The molecule has 2 aromatic rings. The second kappa shape index (κ2) is 17.1. The van der Waals surface area contributed by atoms with Gasteiger partial charge in [0.1, 0.15) is 0 Å². The minimum Gasteiger partial charge on any atom is -0.453 e. The largest absolute Gasteiger partial charge is 0.453 e. The normalized spacial score (nSPS) is 8.63. The van der Waals surface area contributed by atoms with Gasteiger partial charge in [0, 0.05) is 5.69 Å². The summed E-state index contributed by atoms with van der Waals surface area (Å²) in [4.78, 5) is 11.4. The third kappa shape index (κ3) is 11.1. The molecule has 0 aliphatic rings. The second-order valence-electron chi connectivity index (χ2n) is 5.58. The number of benzene rings is 2. The molecule has 152 valence electrons. The number of anilines is 1. The Morgan fingerprint density at radius 2 is 1.44 bits per heavy atom. The van der Waals surface area contributed by atoms with Crippen molar-refractivity contribution in [3.8, 4) is 0 Å². The van der Waals surface area contributed by atoms with E-state index in [1.807, 2.05) is 58.9 Å². The predicted molar refractivity (Wildman–Crippen MR) is 120 cm³/mol. The van der Waals surface area contributed by atoms with E-state index in [-0.39, 0.29) is 0 Å². The maximum Gasteiger partial charge on any atom is 0.411 e. The van der Waals surface area contributed by atoms with Crippen LogP contribution in [-0.4, -0.2) is 13.2 Å². The maximum atomic E-state index is 11.4. The quantitative estimate of drug-likeness (QED) is 0.603. The average molecular weight is 374 g/mol. The van der Waals surface area contributed by atoms with E-state index in [4.69, 9.17) is 0 Å². The van der Waals surface area contributed by atoms with Gasteiger partial charge in [-0.25, -0.2) is 4.79 Å². The van der Waals surface area contributed by atoms with Crippen LogP contribution in [0.4, 0.5) is 10.5 Å². The van der Waals surface area contributed by atoms with E-state index in [0.29, 0.717) is 0 Å². The van der Waals surface area contributed by atoms with Crippen molar-refractivity contribution in [3.05, 3.63) is 64.7 Å². The van der Waals surface area contributed by atoms with Gasteiger partial charge in [0.05, 0.1) is 7.11 Å². The molecule has 1 amide bonds. The topological polar surface area (TPSA) is 38.3 Å². The smallest absolute Gasteiger partial charge is 0.411 e. The van der Waals surface area contributed by atoms with Gasteiger partial charge in [-0.3, -0.25) is 5.32 Å². The molecule has 3 heteroatoms. The Balaban J connectivity index is 0. The van der Waals surface area contributed by atoms with Crippen LogP contribution < -0.4 is 5.32 Å². The molecule has 0 spiro atoms. The summed E-state index contributed by atoms with van der Waals surface area (Å²) in [5.41, 5.74) is 5.51. The van der Waals surface area contributed by atoms with E-state index < -0.39 is 6.09 Å². The minimum atomic E-state index is -0.442. The van der Waals surface area contributed by atoms with Gasteiger partial charge < -0.3 is 4.74 Å². The number of hydrogen-bond acceptors (Lipinski definition) is 2. The Morgan fingerprint density at radius 1 is 0.926 bits per heavy atom. The summed E-state index contributed by atoms with van der Waals surface area (Å²) in [5.74, 6) is 0. The van der Waals surface area contributed by atoms with Crippen LogP contribution in [0.5, 0.6) is 0 Å². The van der Waals surface area contributed by atoms with Gasteiger partial charge in [-0.05, 0) is 48.6 Å². The van der Waals surface area contributed by atoms with Crippen LogP contribution >= 0.6 is 0 Å². The lowest BCUT2D eigenvalue weighted by atomic mass is 9.97. The number of amides is 1. The highest BCUT2D eigenvalue weighted by Gasteiger charge is 2.08. The van der Waals surface area contributed by atoms with E-state index in [1.165, 1.54) is 30.2 Å². The molecule has 2 aromatic carbocycles. The monoisotopic (exact) mass is 373 g/mol. The fourth-order valence-electron chi connectivity index (χ4n) is 2.20. The molecule has 0 unspecified atom stereocenters. The first-order chi connectivity index (χ1) is 13.0. The van der Waals surface area contributed by atoms with E-state index in [0.717, 1.165) is 17.7 Å². The molecule has 0 saturated heterocycles. The number of aryl methyl sites for hydroxylation is 2. The molecular formula is C24H39NO2. The van der Waals surface area contributed by atoms with Crippen LogP contribution in [0.25, 0.3) is 0 Å². The van der Waals surface area contributed by atoms with Crippen molar-refractivity contribution in [1.82, 2.24) is 0 Å². The lowest BCUT2D eigenvalue weighted by Gasteiger charge is -2.13. The Kier molecular flexibility index (Phi) is 17.1. The number of hydrogen-bond donors (Lipinski definition) is 1. The van der Waals surface area contributed by atoms with Crippen LogP contribution in [0, 0.1) is 13.8 Å². The average Bonchev–Trinajstić information content (AvgIpc) is 2.70. The zero-order valence-corrected chi connectivity index (χ0v) is 18.8. The predicted octanol–water partition coefficient (Wildman–Crippen LogP) is 7.54. The molecule has 0 saturated carbocycles. The number of carbonyl (C=O) groups is 1. The number of nitrogens with one attached hydrogen (secondary N) is 1. The fourth-order valence-corrected chi connectivity index (χ4v) is 2.20. The second-order valence-corrected chi connectivity index (χ2v) is 5.58. The molecule has 0 bridgehead atoms. The Labute approximate surface area is 167 Å². The van der Waals surface area contributed by atoms with Gasteiger partial charge in [0.2, 0.25) is 0 Å². The third-order valence-electron chi connectivity index (χ3n) is 3.34. The third-order valence-corrected chi connectivity index (χ3v) is 3.34. The standard InChI is InChI=1S/C17H19NO2.C3H8.2C2H6/c1-12-9-13(2)16(18-17(19)20-3)11-15(12)10-14-7-5-4-6-8-14;1-3-2;2*1-2/h4-9,11H,10H2,1-3H3,(H,18,19);3H2,1-2H3;2*1-2H3. The SMILES string of the molecule is CC.CC.CCC.COC(=O)Nc1cc(Cc2ccccc2)c(C)cc1C. The number of methoxy groups -OCH3 is 1. The van der Waals surface area contributed by atoms with Crippen LogP contribution in [0.1, 0.15) is 70.2 Å². The molecule has 0 aromatic heterocycles. The van der Waals surface area contributed by atoms with Gasteiger partial charge in [-0.2, -0.15) is 0 Å². The van der Waals surface area contributed by atoms with E-state index in [9.17, 15) is 4.79 Å². The first-order valence-corrected chi connectivity index (χ1v) is 10.0. The summed E-state index contributed by atoms with van der Waals surface area (Å²) >= 11 is 0. The number of carbonyl (C=O) groups excluding carboxylic acids is 1. The van der Waals surface area contributed by atoms with Crippen molar-refractivity contribution in [3.63, 3.8) is 0 Å². The highest BCUT2D eigenvalue weighted by Crippen LogP contribution is 2.23. The molecule has 0 fully saturated rings. The zero-order chi connectivity index (χ0) is 21.2. The maximum absolute atomic E-state index is 11.4. The fraction of sp³-hybridized carbons (Fsp3) is 0.458. The minimum absolute atomic E-state index is 0.442. The number of rotatable bonds is 3. The molecule has 1 N–H and O–H groups in total. The van der Waals surface area contributed by atoms with Crippen molar-refractivity contribution in [2.24, 2.45) is 0 Å². The Morgan fingerprint density at radius 3 is 1.93 bits per heavy atom. The zero-order valence-electron chi connectivity index (χ0n) is 18.8. The molecular weight excluding hydrogens is 334 g/mol. The summed E-state index contributed by atoms with van der Waals surface area (Å²) in [7, 11) is 1.36. The summed E-state index contributed by atoms with van der Waals surface area (Å²) in [5, 5.41) is 2.75. The van der Waals surface area contributed by atoms with Crippen molar-refractivity contribution >= 4 is 11.8 Å². The van der Waals surface area contributed by atoms with Gasteiger partial charge in [0.15, 0.2) is 0 Å². The van der Waals surface area contributed by atoms with Crippen molar-refractivity contribution in [1.29, 1.82) is 0 Å². The molecule has 0 atom stereocenters. The lowest BCUT2D eigenvalue weighted by Crippen LogP contribution is -2.12. The summed E-state index contributed by atoms with van der Waals surface area (Å²) in [6.07, 6.45) is 1.66. The van der Waals surface area contributed by atoms with Crippen LogP contribution in [0.2, 0.25) is 0 Å². The van der Waals surface area contributed by atoms with Gasteiger partial charge in [-0.1, -0.05) is 84.4 Å². The van der Waals surface area contributed by atoms with Crippen LogP contribution in [-0.2, 0) is 11.2 Å². The molecule has 0 radical (unpaired) electrons. The molecule has 0 aliphatic carbocycles. The number of ether oxygens (including phenoxy) is 1. The van der Waals surface area contributed by atoms with Crippen LogP contribution in [0.15, 0.2) is 42.5 Å². The van der Waals surface area contributed by atoms with Crippen molar-refractivity contribution in [2.45, 2.75) is 68.2 Å².